The summed E-state index contributed by atoms with van der Waals surface area (Å²) in [5.41, 5.74) is 1.88. The SMILES string of the molecule is CCOC(=O)[C@@H]1[C@@H](c2ccccc2)C[C@@H]2CC[C@@H](NC(=O)OCc3ccccc3)C(=O)N21. The van der Waals surface area contributed by atoms with Crippen molar-refractivity contribution < 1.29 is 23.9 Å². The Morgan fingerprint density at radius 3 is 2.38 bits per heavy atom. The Bertz CT molecular complexity index is 949. The lowest BCUT2D eigenvalue weighted by atomic mass is 9.90. The summed E-state index contributed by atoms with van der Waals surface area (Å²) in [6.07, 6.45) is 1.27. The van der Waals surface area contributed by atoms with Crippen LogP contribution in [-0.2, 0) is 25.7 Å². The summed E-state index contributed by atoms with van der Waals surface area (Å²) in [4.78, 5) is 40.2. The van der Waals surface area contributed by atoms with Gasteiger partial charge in [0.05, 0.1) is 6.61 Å². The molecule has 2 saturated heterocycles. The van der Waals surface area contributed by atoms with E-state index in [0.29, 0.717) is 19.3 Å². The van der Waals surface area contributed by atoms with Gasteiger partial charge in [-0.2, -0.15) is 0 Å². The molecule has 32 heavy (non-hydrogen) atoms. The first kappa shape index (κ1) is 21.9. The maximum Gasteiger partial charge on any atom is 0.408 e. The third-order valence-corrected chi connectivity index (χ3v) is 6.20. The highest BCUT2D eigenvalue weighted by Gasteiger charge is 2.52. The summed E-state index contributed by atoms with van der Waals surface area (Å²) in [6.45, 7) is 2.13. The number of piperidine rings is 1. The number of hydrogen-bond acceptors (Lipinski definition) is 5. The van der Waals surface area contributed by atoms with Crippen LogP contribution in [-0.4, -0.2) is 47.6 Å². The summed E-state index contributed by atoms with van der Waals surface area (Å²) in [5, 5.41) is 2.69. The molecule has 0 unspecified atom stereocenters. The fourth-order valence-corrected chi connectivity index (χ4v) is 4.76. The van der Waals surface area contributed by atoms with Gasteiger partial charge in [-0.25, -0.2) is 9.59 Å². The van der Waals surface area contributed by atoms with E-state index in [1.54, 1.807) is 11.8 Å². The monoisotopic (exact) mass is 436 g/mol. The first-order chi connectivity index (χ1) is 15.6. The Labute approximate surface area is 187 Å². The van der Waals surface area contributed by atoms with Crippen molar-refractivity contribution in [3.63, 3.8) is 0 Å². The van der Waals surface area contributed by atoms with Crippen molar-refractivity contribution in [2.24, 2.45) is 0 Å². The van der Waals surface area contributed by atoms with E-state index >= 15 is 0 Å². The maximum absolute atomic E-state index is 13.4. The van der Waals surface area contributed by atoms with E-state index in [0.717, 1.165) is 11.1 Å². The molecule has 4 rings (SSSR count). The van der Waals surface area contributed by atoms with Crippen molar-refractivity contribution in [3.05, 3.63) is 71.8 Å². The number of rotatable bonds is 6. The number of carbonyl (C=O) groups is 3. The maximum atomic E-state index is 13.4. The Kier molecular flexibility index (Phi) is 6.73. The summed E-state index contributed by atoms with van der Waals surface area (Å²) < 4.78 is 10.6. The number of benzene rings is 2. The van der Waals surface area contributed by atoms with E-state index < -0.39 is 24.1 Å². The van der Waals surface area contributed by atoms with Crippen LogP contribution < -0.4 is 5.32 Å². The van der Waals surface area contributed by atoms with Crippen LogP contribution in [0.25, 0.3) is 0 Å². The second-order valence-electron chi connectivity index (χ2n) is 8.19. The van der Waals surface area contributed by atoms with Crippen molar-refractivity contribution in [1.82, 2.24) is 10.2 Å². The molecule has 0 bridgehead atoms. The van der Waals surface area contributed by atoms with Gasteiger partial charge in [0.15, 0.2) is 0 Å². The molecule has 2 amide bonds. The largest absolute Gasteiger partial charge is 0.464 e. The van der Waals surface area contributed by atoms with Crippen LogP contribution in [0, 0.1) is 0 Å². The molecule has 0 aliphatic carbocycles. The second-order valence-corrected chi connectivity index (χ2v) is 8.19. The minimum absolute atomic E-state index is 0.0551. The highest BCUT2D eigenvalue weighted by atomic mass is 16.5. The predicted molar refractivity (Wildman–Crippen MR) is 118 cm³/mol. The van der Waals surface area contributed by atoms with Crippen LogP contribution >= 0.6 is 0 Å². The molecule has 2 fully saturated rings. The van der Waals surface area contributed by atoms with Gasteiger partial charge < -0.3 is 19.7 Å². The molecule has 2 aliphatic rings. The molecular weight excluding hydrogens is 408 g/mol. The molecule has 0 spiro atoms. The molecule has 2 heterocycles. The van der Waals surface area contributed by atoms with Gasteiger partial charge in [-0.1, -0.05) is 60.7 Å². The molecular formula is C25H28N2O5. The van der Waals surface area contributed by atoms with Crippen molar-refractivity contribution in [2.75, 3.05) is 6.61 Å². The highest BCUT2D eigenvalue weighted by Crippen LogP contribution is 2.42. The molecule has 4 atom stereocenters. The number of nitrogens with zero attached hydrogens (tertiary/aromatic N) is 1. The quantitative estimate of drug-likeness (QED) is 0.702. The summed E-state index contributed by atoms with van der Waals surface area (Å²) in [6, 6.07) is 17.6. The van der Waals surface area contributed by atoms with Gasteiger partial charge in [0.2, 0.25) is 5.91 Å². The van der Waals surface area contributed by atoms with E-state index in [1.165, 1.54) is 0 Å². The molecule has 1 N–H and O–H groups in total. The van der Waals surface area contributed by atoms with E-state index in [9.17, 15) is 14.4 Å². The Morgan fingerprint density at radius 1 is 1.00 bits per heavy atom. The van der Waals surface area contributed by atoms with Crippen molar-refractivity contribution in [1.29, 1.82) is 0 Å². The number of amides is 2. The van der Waals surface area contributed by atoms with E-state index in [4.69, 9.17) is 9.47 Å². The van der Waals surface area contributed by atoms with Crippen LogP contribution in [0.3, 0.4) is 0 Å². The second kappa shape index (κ2) is 9.85. The van der Waals surface area contributed by atoms with Crippen LogP contribution in [0.5, 0.6) is 0 Å². The third kappa shape index (κ3) is 4.61. The van der Waals surface area contributed by atoms with E-state index in [-0.39, 0.29) is 31.1 Å². The molecule has 2 aromatic rings. The third-order valence-electron chi connectivity index (χ3n) is 6.20. The zero-order chi connectivity index (χ0) is 22.5. The summed E-state index contributed by atoms with van der Waals surface area (Å²) >= 11 is 0. The Hall–Kier alpha value is -3.35. The normalized spacial score (nSPS) is 24.5. The molecule has 2 aliphatic heterocycles. The molecule has 2 aromatic carbocycles. The lowest BCUT2D eigenvalue weighted by Crippen LogP contribution is -2.58. The Balaban J connectivity index is 1.47. The smallest absolute Gasteiger partial charge is 0.408 e. The molecule has 168 valence electrons. The number of hydrogen-bond donors (Lipinski definition) is 1. The highest BCUT2D eigenvalue weighted by molar-refractivity contribution is 5.91. The lowest BCUT2D eigenvalue weighted by molar-refractivity contribution is -0.156. The van der Waals surface area contributed by atoms with Crippen LogP contribution in [0.2, 0.25) is 0 Å². The molecule has 0 aromatic heterocycles. The first-order valence-corrected chi connectivity index (χ1v) is 11.1. The molecule has 7 heteroatoms. The molecule has 0 radical (unpaired) electrons. The number of fused-ring (bicyclic) bond motifs is 1. The number of nitrogens with one attached hydrogen (secondary N) is 1. The van der Waals surface area contributed by atoms with Crippen molar-refractivity contribution in [3.8, 4) is 0 Å². The van der Waals surface area contributed by atoms with Gasteiger partial charge in [0, 0.05) is 12.0 Å². The van der Waals surface area contributed by atoms with E-state index in [1.807, 2.05) is 60.7 Å². The minimum atomic E-state index is -0.721. The predicted octanol–water partition coefficient (Wildman–Crippen LogP) is 3.39. The molecule has 7 nitrogen and oxygen atoms in total. The number of ether oxygens (including phenoxy) is 2. The topological polar surface area (TPSA) is 84.9 Å². The van der Waals surface area contributed by atoms with Crippen LogP contribution in [0.15, 0.2) is 60.7 Å². The zero-order valence-electron chi connectivity index (χ0n) is 18.1. The van der Waals surface area contributed by atoms with Gasteiger partial charge in [-0.3, -0.25) is 4.79 Å². The van der Waals surface area contributed by atoms with Gasteiger partial charge in [-0.05, 0) is 37.3 Å². The minimum Gasteiger partial charge on any atom is -0.464 e. The lowest BCUT2D eigenvalue weighted by Gasteiger charge is -2.37. The average Bonchev–Trinajstić information content (AvgIpc) is 3.22. The number of carbonyl (C=O) groups excluding carboxylic acids is 3. The summed E-state index contributed by atoms with van der Waals surface area (Å²) in [7, 11) is 0. The van der Waals surface area contributed by atoms with Crippen molar-refractivity contribution in [2.45, 2.75) is 56.8 Å². The van der Waals surface area contributed by atoms with Gasteiger partial charge >= 0.3 is 12.1 Å². The van der Waals surface area contributed by atoms with Gasteiger partial charge in [0.1, 0.15) is 18.7 Å². The van der Waals surface area contributed by atoms with Crippen LogP contribution in [0.1, 0.15) is 43.2 Å². The Morgan fingerprint density at radius 2 is 1.69 bits per heavy atom. The van der Waals surface area contributed by atoms with Crippen LogP contribution in [0.4, 0.5) is 4.79 Å². The van der Waals surface area contributed by atoms with Gasteiger partial charge in [-0.15, -0.1) is 0 Å². The first-order valence-electron chi connectivity index (χ1n) is 11.1. The van der Waals surface area contributed by atoms with E-state index in [2.05, 4.69) is 5.32 Å². The number of esters is 1. The zero-order valence-corrected chi connectivity index (χ0v) is 18.1. The van der Waals surface area contributed by atoms with Crippen molar-refractivity contribution >= 4 is 18.0 Å². The fourth-order valence-electron chi connectivity index (χ4n) is 4.76. The number of alkyl carbamates (subject to hydrolysis) is 1. The molecule has 0 saturated carbocycles. The standard InChI is InChI=1S/C25H28N2O5/c1-2-31-24(29)22-20(18-11-7-4-8-12-18)15-19-13-14-21(23(28)27(19)22)26-25(30)32-16-17-9-5-3-6-10-17/h3-12,19-22H,2,13-16H2,1H3,(H,26,30)/t19-,20+,21+,22-/m0/s1. The fraction of sp³-hybridized carbons (Fsp3) is 0.400. The average molecular weight is 437 g/mol. The van der Waals surface area contributed by atoms with Gasteiger partial charge in [0.25, 0.3) is 0 Å². The summed E-state index contributed by atoms with van der Waals surface area (Å²) in [5.74, 6) is -0.785.